The van der Waals surface area contributed by atoms with Crippen LogP contribution in [-0.2, 0) is 0 Å². The van der Waals surface area contributed by atoms with Gasteiger partial charge in [-0.25, -0.2) is 0 Å². The van der Waals surface area contributed by atoms with E-state index in [4.69, 9.17) is 33.7 Å². The average Bonchev–Trinajstić information content (AvgIpc) is 2.54. The Labute approximate surface area is 147 Å². The number of hydrogen-bond donors (Lipinski definition) is 2. The number of aliphatic hydroxyl groups excluding tert-OH is 1. The van der Waals surface area contributed by atoms with Crippen LogP contribution >= 0.6 is 23.2 Å². The van der Waals surface area contributed by atoms with E-state index in [2.05, 4.69) is 13.8 Å². The minimum absolute atomic E-state index is 0.421. The molecule has 2 atom stereocenters. The predicted octanol–water partition coefficient (Wildman–Crippen LogP) is 4.76. The number of ether oxygens (including phenoxy) is 1. The molecular weight excluding hydrogens is 333 g/mol. The van der Waals surface area contributed by atoms with Crippen LogP contribution in [0.15, 0.2) is 42.5 Å². The van der Waals surface area contributed by atoms with Gasteiger partial charge in [-0.1, -0.05) is 55.2 Å². The van der Waals surface area contributed by atoms with Crippen molar-refractivity contribution >= 4 is 23.2 Å². The fourth-order valence-electron chi connectivity index (χ4n) is 2.13. The Kier molecular flexibility index (Phi) is 6.31. The van der Waals surface area contributed by atoms with E-state index in [0.29, 0.717) is 22.6 Å². The SMILES string of the molecule is CC(C)COc1ccc([C@H](O)[C@H](N)c2ccc(Cl)c(Cl)c2)cc1. The summed E-state index contributed by atoms with van der Waals surface area (Å²) in [5.41, 5.74) is 7.59. The van der Waals surface area contributed by atoms with Crippen LogP contribution < -0.4 is 10.5 Å². The van der Waals surface area contributed by atoms with E-state index >= 15 is 0 Å². The number of aliphatic hydroxyl groups is 1. The molecule has 0 fully saturated rings. The van der Waals surface area contributed by atoms with Gasteiger partial charge >= 0.3 is 0 Å². The van der Waals surface area contributed by atoms with Crippen LogP contribution in [0.1, 0.15) is 37.1 Å². The fraction of sp³-hybridized carbons (Fsp3) is 0.333. The van der Waals surface area contributed by atoms with Crippen molar-refractivity contribution in [2.45, 2.75) is 26.0 Å². The second-order valence-electron chi connectivity index (χ2n) is 5.92. The number of nitrogens with two attached hydrogens (primary N) is 1. The molecule has 0 aliphatic carbocycles. The van der Waals surface area contributed by atoms with Crippen LogP contribution in [0, 0.1) is 5.92 Å². The molecule has 0 bridgehead atoms. The molecule has 0 radical (unpaired) electrons. The van der Waals surface area contributed by atoms with Crippen LogP contribution in [0.4, 0.5) is 0 Å². The van der Waals surface area contributed by atoms with Gasteiger partial charge < -0.3 is 15.6 Å². The minimum atomic E-state index is -0.841. The van der Waals surface area contributed by atoms with E-state index < -0.39 is 12.1 Å². The quantitative estimate of drug-likeness (QED) is 0.786. The van der Waals surface area contributed by atoms with Gasteiger partial charge in [-0.2, -0.15) is 0 Å². The Morgan fingerprint density at radius 2 is 1.61 bits per heavy atom. The van der Waals surface area contributed by atoms with Crippen LogP contribution in [0.2, 0.25) is 10.0 Å². The molecule has 0 aliphatic rings. The topological polar surface area (TPSA) is 55.5 Å². The van der Waals surface area contributed by atoms with Gasteiger partial charge in [-0.15, -0.1) is 0 Å². The molecule has 124 valence electrons. The van der Waals surface area contributed by atoms with Gasteiger partial charge in [0.05, 0.1) is 28.8 Å². The predicted molar refractivity (Wildman–Crippen MR) is 95.1 cm³/mol. The molecule has 0 spiro atoms. The summed E-state index contributed by atoms with van der Waals surface area (Å²) in [6.07, 6.45) is -0.841. The highest BCUT2D eigenvalue weighted by atomic mass is 35.5. The summed E-state index contributed by atoms with van der Waals surface area (Å²) >= 11 is 11.9. The van der Waals surface area contributed by atoms with Crippen molar-refractivity contribution in [3.8, 4) is 5.75 Å². The van der Waals surface area contributed by atoms with Gasteiger partial charge in [-0.3, -0.25) is 0 Å². The van der Waals surface area contributed by atoms with Crippen molar-refractivity contribution < 1.29 is 9.84 Å². The first-order chi connectivity index (χ1) is 10.9. The van der Waals surface area contributed by atoms with E-state index in [1.54, 1.807) is 18.2 Å². The van der Waals surface area contributed by atoms with Crippen LogP contribution in [0.3, 0.4) is 0 Å². The largest absolute Gasteiger partial charge is 0.493 e. The molecule has 0 heterocycles. The first kappa shape index (κ1) is 18.1. The van der Waals surface area contributed by atoms with E-state index in [9.17, 15) is 5.11 Å². The van der Waals surface area contributed by atoms with E-state index in [0.717, 1.165) is 16.9 Å². The standard InChI is InChI=1S/C18H21Cl2NO2/c1-11(2)10-23-14-6-3-12(4-7-14)18(22)17(21)13-5-8-15(19)16(20)9-13/h3-9,11,17-18,22H,10,21H2,1-2H3/t17-,18+/m1/s1. The lowest BCUT2D eigenvalue weighted by atomic mass is 9.96. The maximum Gasteiger partial charge on any atom is 0.119 e. The highest BCUT2D eigenvalue weighted by Gasteiger charge is 2.19. The summed E-state index contributed by atoms with van der Waals surface area (Å²) < 4.78 is 5.63. The average molecular weight is 354 g/mol. The maximum absolute atomic E-state index is 10.5. The Morgan fingerprint density at radius 3 is 2.17 bits per heavy atom. The van der Waals surface area contributed by atoms with E-state index in [1.165, 1.54) is 0 Å². The second kappa shape index (κ2) is 8.02. The number of halogens is 2. The zero-order valence-corrected chi connectivity index (χ0v) is 14.7. The molecule has 3 nitrogen and oxygen atoms in total. The first-order valence-electron chi connectivity index (χ1n) is 7.50. The molecule has 2 aromatic rings. The van der Waals surface area contributed by atoms with Gasteiger partial charge in [0.25, 0.3) is 0 Å². The molecule has 0 saturated heterocycles. The Bertz CT molecular complexity index is 644. The second-order valence-corrected chi connectivity index (χ2v) is 6.73. The maximum atomic E-state index is 10.5. The summed E-state index contributed by atoms with van der Waals surface area (Å²) in [6, 6.07) is 11.8. The smallest absolute Gasteiger partial charge is 0.119 e. The van der Waals surface area contributed by atoms with Crippen molar-refractivity contribution in [1.82, 2.24) is 0 Å². The highest BCUT2D eigenvalue weighted by Crippen LogP contribution is 2.31. The van der Waals surface area contributed by atoms with Crippen molar-refractivity contribution in [3.63, 3.8) is 0 Å². The van der Waals surface area contributed by atoms with Gasteiger partial charge in [0.15, 0.2) is 0 Å². The van der Waals surface area contributed by atoms with Crippen LogP contribution in [-0.4, -0.2) is 11.7 Å². The normalized spacial score (nSPS) is 13.9. The Hall–Kier alpha value is -1.26. The molecule has 0 saturated carbocycles. The third-order valence-electron chi connectivity index (χ3n) is 3.47. The first-order valence-corrected chi connectivity index (χ1v) is 8.25. The van der Waals surface area contributed by atoms with Gasteiger partial charge in [-0.05, 0) is 41.3 Å². The molecule has 0 aliphatic heterocycles. The van der Waals surface area contributed by atoms with Gasteiger partial charge in [0, 0.05) is 0 Å². The summed E-state index contributed by atoms with van der Waals surface area (Å²) in [6.45, 7) is 4.84. The van der Waals surface area contributed by atoms with Crippen LogP contribution in [0.5, 0.6) is 5.75 Å². The molecule has 2 aromatic carbocycles. The molecule has 23 heavy (non-hydrogen) atoms. The number of benzene rings is 2. The zero-order chi connectivity index (χ0) is 17.0. The lowest BCUT2D eigenvalue weighted by Crippen LogP contribution is -2.19. The lowest BCUT2D eigenvalue weighted by molar-refractivity contribution is 0.147. The highest BCUT2D eigenvalue weighted by molar-refractivity contribution is 6.42. The molecule has 3 N–H and O–H groups in total. The zero-order valence-electron chi connectivity index (χ0n) is 13.2. The molecule has 0 amide bonds. The molecule has 0 aromatic heterocycles. The van der Waals surface area contributed by atoms with Crippen molar-refractivity contribution in [2.75, 3.05) is 6.61 Å². The lowest BCUT2D eigenvalue weighted by Gasteiger charge is -2.20. The molecule has 0 unspecified atom stereocenters. The molecule has 5 heteroatoms. The van der Waals surface area contributed by atoms with E-state index in [-0.39, 0.29) is 0 Å². The molecule has 2 rings (SSSR count). The summed E-state index contributed by atoms with van der Waals surface area (Å²) in [5.74, 6) is 1.24. The molecular formula is C18H21Cl2NO2. The van der Waals surface area contributed by atoms with Crippen LogP contribution in [0.25, 0.3) is 0 Å². The Morgan fingerprint density at radius 1 is 1.00 bits per heavy atom. The van der Waals surface area contributed by atoms with Crippen molar-refractivity contribution in [1.29, 1.82) is 0 Å². The Balaban J connectivity index is 2.09. The van der Waals surface area contributed by atoms with E-state index in [1.807, 2.05) is 24.3 Å². The monoisotopic (exact) mass is 353 g/mol. The van der Waals surface area contributed by atoms with Crippen molar-refractivity contribution in [2.24, 2.45) is 11.7 Å². The van der Waals surface area contributed by atoms with Crippen molar-refractivity contribution in [3.05, 3.63) is 63.6 Å². The summed E-state index contributed by atoms with van der Waals surface area (Å²) in [5, 5.41) is 11.4. The number of rotatable bonds is 6. The third-order valence-corrected chi connectivity index (χ3v) is 4.21. The summed E-state index contributed by atoms with van der Waals surface area (Å²) in [7, 11) is 0. The van der Waals surface area contributed by atoms with Gasteiger partial charge in [0.2, 0.25) is 0 Å². The minimum Gasteiger partial charge on any atom is -0.493 e. The summed E-state index contributed by atoms with van der Waals surface area (Å²) in [4.78, 5) is 0. The number of hydrogen-bond acceptors (Lipinski definition) is 3. The van der Waals surface area contributed by atoms with Gasteiger partial charge in [0.1, 0.15) is 5.75 Å². The third kappa shape index (κ3) is 4.85. The fourth-order valence-corrected chi connectivity index (χ4v) is 2.44.